The van der Waals surface area contributed by atoms with Gasteiger partial charge < -0.3 is 15.2 Å². The second-order valence-electron chi connectivity index (χ2n) is 6.30. The van der Waals surface area contributed by atoms with Gasteiger partial charge in [-0.15, -0.1) is 0 Å². The molecular weight excluding hydrogens is 375 g/mol. The second kappa shape index (κ2) is 8.88. The van der Waals surface area contributed by atoms with E-state index in [-0.39, 0.29) is 12.0 Å². The highest BCUT2D eigenvalue weighted by atomic mass is 19.4. The lowest BCUT2D eigenvalue weighted by molar-refractivity contribution is -0.146. The zero-order valence-electron chi connectivity index (χ0n) is 15.3. The lowest BCUT2D eigenvalue weighted by Crippen LogP contribution is -2.45. The van der Waals surface area contributed by atoms with Crippen molar-refractivity contribution >= 4 is 11.9 Å². The molecule has 28 heavy (non-hydrogen) atoms. The van der Waals surface area contributed by atoms with Crippen LogP contribution in [-0.2, 0) is 26.9 Å². The number of hydrogen-bond donors (Lipinski definition) is 2. The predicted molar refractivity (Wildman–Crippen MR) is 95.2 cm³/mol. The number of nitrogens with one attached hydrogen (secondary N) is 1. The number of halogens is 3. The zero-order valence-corrected chi connectivity index (χ0v) is 15.3. The van der Waals surface area contributed by atoms with E-state index in [4.69, 9.17) is 0 Å². The zero-order chi connectivity index (χ0) is 20.9. The molecule has 2 aromatic carbocycles. The van der Waals surface area contributed by atoms with E-state index >= 15 is 0 Å². The molecule has 0 heterocycles. The number of amides is 1. The third kappa shape index (κ3) is 5.56. The van der Waals surface area contributed by atoms with Crippen LogP contribution in [0.4, 0.5) is 13.2 Å². The summed E-state index contributed by atoms with van der Waals surface area (Å²) in [4.78, 5) is 24.3. The minimum atomic E-state index is -4.52. The Labute approximate surface area is 160 Å². The Kier molecular flexibility index (Phi) is 6.80. The molecule has 0 unspecified atom stereocenters. The van der Waals surface area contributed by atoms with E-state index in [1.54, 1.807) is 12.1 Å². The molecular formula is C20H20F3NO4. The van der Waals surface area contributed by atoms with Crippen LogP contribution in [0.2, 0.25) is 0 Å². The standard InChI is InChI=1S/C20H20F3NO4/c1-12-3-5-13(6-4-12)11-16(19(27)28-2)24-18(26)17(25)14-7-9-15(10-8-14)20(21,22)23/h3-10,16-17,25H,11H2,1-2H3,(H,24,26)/t16-,17+/m1/s1. The van der Waals surface area contributed by atoms with Gasteiger partial charge >= 0.3 is 12.1 Å². The first-order valence-corrected chi connectivity index (χ1v) is 8.41. The molecule has 1 amide bonds. The summed E-state index contributed by atoms with van der Waals surface area (Å²) < 4.78 is 42.5. The fourth-order valence-electron chi connectivity index (χ4n) is 2.55. The van der Waals surface area contributed by atoms with Crippen LogP contribution in [0, 0.1) is 6.92 Å². The van der Waals surface area contributed by atoms with Crippen LogP contribution in [0.25, 0.3) is 0 Å². The number of ether oxygens (including phenoxy) is 1. The molecule has 150 valence electrons. The van der Waals surface area contributed by atoms with Crippen LogP contribution in [-0.4, -0.2) is 30.1 Å². The van der Waals surface area contributed by atoms with Crippen molar-refractivity contribution in [3.8, 4) is 0 Å². The average molecular weight is 395 g/mol. The predicted octanol–water partition coefficient (Wildman–Crippen LogP) is 2.95. The minimum absolute atomic E-state index is 0.0237. The van der Waals surface area contributed by atoms with Crippen molar-refractivity contribution in [2.45, 2.75) is 31.7 Å². The molecule has 5 nitrogen and oxygen atoms in total. The molecule has 0 fully saturated rings. The molecule has 8 heteroatoms. The maximum Gasteiger partial charge on any atom is 0.416 e. The van der Waals surface area contributed by atoms with Crippen LogP contribution < -0.4 is 5.32 Å². The van der Waals surface area contributed by atoms with Crippen LogP contribution in [0.1, 0.15) is 28.4 Å². The van der Waals surface area contributed by atoms with E-state index in [2.05, 4.69) is 10.1 Å². The summed E-state index contributed by atoms with van der Waals surface area (Å²) in [6.45, 7) is 1.91. The van der Waals surface area contributed by atoms with Crippen molar-refractivity contribution < 1.29 is 32.6 Å². The number of methoxy groups -OCH3 is 1. The lowest BCUT2D eigenvalue weighted by Gasteiger charge is -2.19. The maximum absolute atomic E-state index is 12.6. The van der Waals surface area contributed by atoms with Gasteiger partial charge in [-0.3, -0.25) is 4.79 Å². The van der Waals surface area contributed by atoms with Crippen molar-refractivity contribution in [1.82, 2.24) is 5.32 Å². The van der Waals surface area contributed by atoms with Crippen LogP contribution in [0.5, 0.6) is 0 Å². The SMILES string of the molecule is COC(=O)[C@@H](Cc1ccc(C)cc1)NC(=O)[C@@H](O)c1ccc(C(F)(F)F)cc1. The Hall–Kier alpha value is -2.87. The molecule has 0 radical (unpaired) electrons. The van der Waals surface area contributed by atoms with Crippen LogP contribution in [0.15, 0.2) is 48.5 Å². The normalized spacial score (nSPS) is 13.5. The van der Waals surface area contributed by atoms with Gasteiger partial charge in [0.05, 0.1) is 12.7 Å². The highest BCUT2D eigenvalue weighted by Crippen LogP contribution is 2.30. The molecule has 2 atom stereocenters. The van der Waals surface area contributed by atoms with Gasteiger partial charge in [0, 0.05) is 6.42 Å². The molecule has 2 rings (SSSR count). The van der Waals surface area contributed by atoms with E-state index in [9.17, 15) is 27.9 Å². The van der Waals surface area contributed by atoms with Crippen molar-refractivity contribution in [2.24, 2.45) is 0 Å². The van der Waals surface area contributed by atoms with Gasteiger partial charge in [-0.2, -0.15) is 13.2 Å². The number of esters is 1. The smallest absolute Gasteiger partial charge is 0.416 e. The monoisotopic (exact) mass is 395 g/mol. The largest absolute Gasteiger partial charge is 0.467 e. The third-order valence-corrected chi connectivity index (χ3v) is 4.16. The highest BCUT2D eigenvalue weighted by molar-refractivity contribution is 5.87. The van der Waals surface area contributed by atoms with Gasteiger partial charge in [0.25, 0.3) is 5.91 Å². The number of hydrogen-bond acceptors (Lipinski definition) is 4. The molecule has 0 spiro atoms. The average Bonchev–Trinajstić information content (AvgIpc) is 2.67. The quantitative estimate of drug-likeness (QED) is 0.738. The first kappa shape index (κ1) is 21.4. The minimum Gasteiger partial charge on any atom is -0.467 e. The Balaban J connectivity index is 2.11. The second-order valence-corrected chi connectivity index (χ2v) is 6.30. The van der Waals surface area contributed by atoms with Gasteiger partial charge in [0.2, 0.25) is 0 Å². The number of carbonyl (C=O) groups excluding carboxylic acids is 2. The summed E-state index contributed by atoms with van der Waals surface area (Å²) >= 11 is 0. The Morgan fingerprint density at radius 2 is 1.64 bits per heavy atom. The number of aliphatic hydroxyl groups is 1. The number of benzene rings is 2. The summed E-state index contributed by atoms with van der Waals surface area (Å²) in [5.41, 5.74) is 0.880. The molecule has 0 aliphatic rings. The fourth-order valence-corrected chi connectivity index (χ4v) is 2.55. The lowest BCUT2D eigenvalue weighted by atomic mass is 10.0. The third-order valence-electron chi connectivity index (χ3n) is 4.16. The Morgan fingerprint density at radius 1 is 1.07 bits per heavy atom. The number of aliphatic hydroxyl groups excluding tert-OH is 1. The molecule has 0 aliphatic carbocycles. The van der Waals surface area contributed by atoms with Gasteiger partial charge in [-0.1, -0.05) is 42.0 Å². The molecule has 2 N–H and O–H groups in total. The van der Waals surface area contributed by atoms with E-state index in [1.807, 2.05) is 19.1 Å². The molecule has 0 aromatic heterocycles. The first-order chi connectivity index (χ1) is 13.1. The first-order valence-electron chi connectivity index (χ1n) is 8.41. The summed E-state index contributed by atoms with van der Waals surface area (Å²) in [6.07, 6.45) is -6.11. The number of rotatable bonds is 6. The van der Waals surface area contributed by atoms with Crippen LogP contribution in [0.3, 0.4) is 0 Å². The van der Waals surface area contributed by atoms with E-state index in [1.165, 1.54) is 7.11 Å². The summed E-state index contributed by atoms with van der Waals surface area (Å²) in [6, 6.07) is 9.81. The molecule has 0 saturated heterocycles. The molecule has 0 bridgehead atoms. The van der Waals surface area contributed by atoms with Crippen molar-refractivity contribution in [3.05, 3.63) is 70.8 Å². The van der Waals surface area contributed by atoms with Crippen molar-refractivity contribution in [3.63, 3.8) is 0 Å². The van der Waals surface area contributed by atoms with Crippen molar-refractivity contribution in [2.75, 3.05) is 7.11 Å². The summed E-state index contributed by atoms with van der Waals surface area (Å²) in [5.74, 6) is -1.61. The maximum atomic E-state index is 12.6. The molecule has 0 aliphatic heterocycles. The summed E-state index contributed by atoms with van der Waals surface area (Å²) in [5, 5.41) is 12.5. The fraction of sp³-hybridized carbons (Fsp3) is 0.300. The number of aryl methyl sites for hydroxylation is 1. The van der Waals surface area contributed by atoms with Gasteiger partial charge in [0.1, 0.15) is 6.04 Å². The van der Waals surface area contributed by atoms with Gasteiger partial charge in [-0.05, 0) is 30.2 Å². The number of alkyl halides is 3. The molecule has 0 saturated carbocycles. The van der Waals surface area contributed by atoms with Gasteiger partial charge in [-0.25, -0.2) is 4.79 Å². The number of carbonyl (C=O) groups is 2. The summed E-state index contributed by atoms with van der Waals surface area (Å²) in [7, 11) is 1.17. The Bertz CT molecular complexity index is 817. The topological polar surface area (TPSA) is 75.6 Å². The van der Waals surface area contributed by atoms with Crippen molar-refractivity contribution in [1.29, 1.82) is 0 Å². The molecule has 2 aromatic rings. The van der Waals surface area contributed by atoms with E-state index in [0.717, 1.165) is 35.4 Å². The van der Waals surface area contributed by atoms with E-state index < -0.39 is 35.8 Å². The van der Waals surface area contributed by atoms with E-state index in [0.29, 0.717) is 0 Å². The Morgan fingerprint density at radius 3 is 2.14 bits per heavy atom. The van der Waals surface area contributed by atoms with Crippen LogP contribution >= 0.6 is 0 Å². The highest BCUT2D eigenvalue weighted by Gasteiger charge is 2.31. The van der Waals surface area contributed by atoms with Gasteiger partial charge in [0.15, 0.2) is 6.10 Å².